The van der Waals surface area contributed by atoms with Crippen molar-refractivity contribution in [2.45, 2.75) is 57.2 Å². The van der Waals surface area contributed by atoms with E-state index in [1.165, 1.54) is 25.7 Å². The quantitative estimate of drug-likeness (QED) is 0.756. The summed E-state index contributed by atoms with van der Waals surface area (Å²) in [6, 6.07) is 0. The van der Waals surface area contributed by atoms with Gasteiger partial charge in [0.2, 0.25) is 0 Å². The highest BCUT2D eigenvalue weighted by Gasteiger charge is 2.32. The van der Waals surface area contributed by atoms with E-state index >= 15 is 0 Å². The molecule has 0 spiro atoms. The third-order valence-corrected chi connectivity index (χ3v) is 3.42. The van der Waals surface area contributed by atoms with Crippen molar-refractivity contribution < 1.29 is 14.6 Å². The summed E-state index contributed by atoms with van der Waals surface area (Å²) < 4.78 is 5.89. The molecule has 1 N–H and O–H groups in total. The van der Waals surface area contributed by atoms with Crippen molar-refractivity contribution >= 4 is 5.97 Å². The molecule has 3 heteroatoms. The van der Waals surface area contributed by atoms with Crippen molar-refractivity contribution in [3.05, 3.63) is 0 Å². The van der Waals surface area contributed by atoms with Gasteiger partial charge in [-0.15, -0.1) is 0 Å². The van der Waals surface area contributed by atoms with E-state index in [1.54, 1.807) is 0 Å². The number of rotatable bonds is 3. The normalized spacial score (nSPS) is 33.7. The van der Waals surface area contributed by atoms with Gasteiger partial charge in [0.1, 0.15) is 0 Å². The number of carboxylic acid groups (broad SMARTS) is 1. The highest BCUT2D eigenvalue weighted by atomic mass is 16.5. The van der Waals surface area contributed by atoms with Crippen LogP contribution in [0.5, 0.6) is 0 Å². The molecule has 14 heavy (non-hydrogen) atoms. The zero-order valence-electron chi connectivity index (χ0n) is 8.45. The van der Waals surface area contributed by atoms with E-state index in [0.29, 0.717) is 6.10 Å². The van der Waals surface area contributed by atoms with Gasteiger partial charge < -0.3 is 9.84 Å². The molecule has 2 rings (SSSR count). The standard InChI is InChI=1S/C11H18O3/c12-11(13)8-5-6-10(7-8)14-9-3-1-2-4-9/h8-10H,1-7H2,(H,12,13). The summed E-state index contributed by atoms with van der Waals surface area (Å²) in [6.07, 6.45) is 8.01. The van der Waals surface area contributed by atoms with Crippen LogP contribution < -0.4 is 0 Å². The molecule has 2 aliphatic carbocycles. The number of carboxylic acids is 1. The van der Waals surface area contributed by atoms with Gasteiger partial charge in [-0.3, -0.25) is 4.79 Å². The molecule has 80 valence electrons. The van der Waals surface area contributed by atoms with Gasteiger partial charge in [-0.2, -0.15) is 0 Å². The zero-order chi connectivity index (χ0) is 9.97. The Hall–Kier alpha value is -0.570. The second kappa shape index (κ2) is 4.30. The van der Waals surface area contributed by atoms with E-state index in [9.17, 15) is 4.79 Å². The smallest absolute Gasteiger partial charge is 0.306 e. The van der Waals surface area contributed by atoms with E-state index in [4.69, 9.17) is 9.84 Å². The van der Waals surface area contributed by atoms with E-state index < -0.39 is 5.97 Å². The number of carbonyl (C=O) groups is 1. The number of hydrogen-bond acceptors (Lipinski definition) is 2. The summed E-state index contributed by atoms with van der Waals surface area (Å²) in [6.45, 7) is 0. The Kier molecular flexibility index (Phi) is 3.06. The fraction of sp³-hybridized carbons (Fsp3) is 0.909. The minimum Gasteiger partial charge on any atom is -0.481 e. The molecule has 0 radical (unpaired) electrons. The minimum atomic E-state index is -0.650. The molecule has 0 bridgehead atoms. The molecule has 0 amide bonds. The Labute approximate surface area is 84.4 Å². The molecule has 0 aromatic heterocycles. The third kappa shape index (κ3) is 2.27. The van der Waals surface area contributed by atoms with Crippen molar-refractivity contribution in [2.24, 2.45) is 5.92 Å². The predicted molar refractivity (Wildman–Crippen MR) is 52.1 cm³/mol. The van der Waals surface area contributed by atoms with Crippen molar-refractivity contribution in [2.75, 3.05) is 0 Å². The Morgan fingerprint density at radius 1 is 1.07 bits per heavy atom. The SMILES string of the molecule is O=C(O)C1CCC(OC2CCCC2)C1. The molecule has 3 nitrogen and oxygen atoms in total. The fourth-order valence-corrected chi connectivity index (χ4v) is 2.58. The maximum Gasteiger partial charge on any atom is 0.306 e. The van der Waals surface area contributed by atoms with Gasteiger partial charge in [-0.25, -0.2) is 0 Å². The highest BCUT2D eigenvalue weighted by Crippen LogP contribution is 2.31. The van der Waals surface area contributed by atoms with Gasteiger partial charge in [0.15, 0.2) is 0 Å². The van der Waals surface area contributed by atoms with E-state index in [2.05, 4.69) is 0 Å². The first kappa shape index (κ1) is 9.97. The summed E-state index contributed by atoms with van der Waals surface area (Å²) in [5.41, 5.74) is 0. The zero-order valence-corrected chi connectivity index (χ0v) is 8.45. The lowest BCUT2D eigenvalue weighted by molar-refractivity contribution is -0.142. The Morgan fingerprint density at radius 3 is 2.36 bits per heavy atom. The van der Waals surface area contributed by atoms with Crippen LogP contribution in [0.3, 0.4) is 0 Å². The molecule has 2 unspecified atom stereocenters. The van der Waals surface area contributed by atoms with E-state index in [-0.39, 0.29) is 12.0 Å². The topological polar surface area (TPSA) is 46.5 Å². The summed E-state index contributed by atoms with van der Waals surface area (Å²) >= 11 is 0. The minimum absolute atomic E-state index is 0.151. The second-order valence-electron chi connectivity index (χ2n) is 4.51. The molecular weight excluding hydrogens is 180 g/mol. The number of ether oxygens (including phenoxy) is 1. The first-order chi connectivity index (χ1) is 6.75. The number of hydrogen-bond donors (Lipinski definition) is 1. The van der Waals surface area contributed by atoms with Crippen molar-refractivity contribution in [3.63, 3.8) is 0 Å². The Balaban J connectivity index is 1.75. The fourth-order valence-electron chi connectivity index (χ4n) is 2.58. The largest absolute Gasteiger partial charge is 0.481 e. The van der Waals surface area contributed by atoms with Gasteiger partial charge in [0, 0.05) is 0 Å². The predicted octanol–water partition coefficient (Wildman–Crippen LogP) is 2.20. The molecule has 2 saturated carbocycles. The van der Waals surface area contributed by atoms with Crippen LogP contribution in [0.15, 0.2) is 0 Å². The van der Waals surface area contributed by atoms with Gasteiger partial charge >= 0.3 is 5.97 Å². The van der Waals surface area contributed by atoms with Gasteiger partial charge in [-0.05, 0) is 32.1 Å². The summed E-state index contributed by atoms with van der Waals surface area (Å²) in [5.74, 6) is -0.802. The van der Waals surface area contributed by atoms with Crippen molar-refractivity contribution in [1.82, 2.24) is 0 Å². The molecule has 0 aromatic rings. The van der Waals surface area contributed by atoms with Crippen LogP contribution in [0.2, 0.25) is 0 Å². The van der Waals surface area contributed by atoms with Crippen LogP contribution in [0, 0.1) is 5.92 Å². The Morgan fingerprint density at radius 2 is 1.79 bits per heavy atom. The highest BCUT2D eigenvalue weighted by molar-refractivity contribution is 5.70. The lowest BCUT2D eigenvalue weighted by Gasteiger charge is -2.17. The molecule has 2 atom stereocenters. The third-order valence-electron chi connectivity index (χ3n) is 3.42. The van der Waals surface area contributed by atoms with Gasteiger partial charge in [0.25, 0.3) is 0 Å². The van der Waals surface area contributed by atoms with Crippen LogP contribution in [-0.4, -0.2) is 23.3 Å². The van der Waals surface area contributed by atoms with Crippen LogP contribution in [0.1, 0.15) is 44.9 Å². The lowest BCUT2D eigenvalue weighted by atomic mass is 10.1. The molecule has 0 aromatic carbocycles. The molecule has 0 saturated heterocycles. The Bertz CT molecular complexity index is 209. The first-order valence-electron chi connectivity index (χ1n) is 5.64. The summed E-state index contributed by atoms with van der Waals surface area (Å²) in [7, 11) is 0. The van der Waals surface area contributed by atoms with E-state index in [1.807, 2.05) is 0 Å². The average Bonchev–Trinajstić information content (AvgIpc) is 2.75. The molecule has 2 aliphatic rings. The summed E-state index contributed by atoms with van der Waals surface area (Å²) in [4.78, 5) is 10.7. The van der Waals surface area contributed by atoms with Crippen LogP contribution >= 0.6 is 0 Å². The van der Waals surface area contributed by atoms with Crippen LogP contribution in [0.4, 0.5) is 0 Å². The second-order valence-corrected chi connectivity index (χ2v) is 4.51. The first-order valence-corrected chi connectivity index (χ1v) is 5.64. The molecule has 2 fully saturated rings. The monoisotopic (exact) mass is 198 g/mol. The molecule has 0 heterocycles. The number of aliphatic carboxylic acids is 1. The maximum absolute atomic E-state index is 10.7. The summed E-state index contributed by atoms with van der Waals surface area (Å²) in [5, 5.41) is 8.84. The van der Waals surface area contributed by atoms with Gasteiger partial charge in [0.05, 0.1) is 18.1 Å². The van der Waals surface area contributed by atoms with Crippen molar-refractivity contribution in [3.8, 4) is 0 Å². The van der Waals surface area contributed by atoms with Crippen LogP contribution in [0.25, 0.3) is 0 Å². The average molecular weight is 198 g/mol. The maximum atomic E-state index is 10.7. The molecular formula is C11H18O3. The lowest BCUT2D eigenvalue weighted by Crippen LogP contribution is -2.18. The van der Waals surface area contributed by atoms with Crippen molar-refractivity contribution in [1.29, 1.82) is 0 Å². The molecule has 0 aliphatic heterocycles. The van der Waals surface area contributed by atoms with E-state index in [0.717, 1.165) is 19.3 Å². The van der Waals surface area contributed by atoms with Gasteiger partial charge in [-0.1, -0.05) is 12.8 Å². The van der Waals surface area contributed by atoms with Crippen LogP contribution in [-0.2, 0) is 9.53 Å².